The molecule has 134 valence electrons. The Morgan fingerprint density at radius 3 is 2.44 bits per heavy atom. The predicted octanol–water partition coefficient (Wildman–Crippen LogP) is 2.21. The van der Waals surface area contributed by atoms with Gasteiger partial charge in [0.25, 0.3) is 5.91 Å². The number of carbonyl (C=O) groups is 2. The second kappa shape index (κ2) is 7.92. The molecule has 0 saturated heterocycles. The van der Waals surface area contributed by atoms with Gasteiger partial charge >= 0.3 is 0 Å². The maximum absolute atomic E-state index is 13.1. The van der Waals surface area contributed by atoms with Crippen LogP contribution in [0.3, 0.4) is 0 Å². The number of aromatic nitrogens is 2. The van der Waals surface area contributed by atoms with Gasteiger partial charge in [-0.25, -0.2) is 9.07 Å². The van der Waals surface area contributed by atoms with Crippen LogP contribution in [0.5, 0.6) is 0 Å². The number of nitrogens with one attached hydrogen (secondary N) is 2. The number of rotatable bonds is 6. The van der Waals surface area contributed by atoms with E-state index in [1.165, 1.54) is 18.3 Å². The first-order chi connectivity index (χ1) is 11.8. The zero-order chi connectivity index (χ0) is 18.6. The minimum atomic E-state index is -0.605. The first-order valence-electron chi connectivity index (χ1n) is 8.16. The van der Waals surface area contributed by atoms with E-state index in [2.05, 4.69) is 15.7 Å². The van der Waals surface area contributed by atoms with E-state index < -0.39 is 6.04 Å². The fraction of sp³-hybridized carbons (Fsp3) is 0.389. The Bertz CT molecular complexity index is 753. The van der Waals surface area contributed by atoms with E-state index >= 15 is 0 Å². The van der Waals surface area contributed by atoms with Crippen molar-refractivity contribution >= 4 is 11.8 Å². The molecule has 0 fully saturated rings. The summed E-state index contributed by atoms with van der Waals surface area (Å²) in [7, 11) is 1.54. The van der Waals surface area contributed by atoms with Crippen LogP contribution in [0, 0.1) is 18.7 Å². The lowest BCUT2D eigenvalue weighted by Gasteiger charge is -2.19. The topological polar surface area (TPSA) is 76.0 Å². The number of carbonyl (C=O) groups excluding carboxylic acids is 2. The predicted molar refractivity (Wildman–Crippen MR) is 93.0 cm³/mol. The molecule has 25 heavy (non-hydrogen) atoms. The van der Waals surface area contributed by atoms with Crippen LogP contribution in [-0.2, 0) is 4.79 Å². The molecule has 1 aromatic heterocycles. The van der Waals surface area contributed by atoms with E-state index in [1.54, 1.807) is 30.8 Å². The van der Waals surface area contributed by atoms with Gasteiger partial charge in [0.15, 0.2) is 0 Å². The number of hydrogen-bond acceptors (Lipinski definition) is 3. The van der Waals surface area contributed by atoms with Gasteiger partial charge in [0.05, 0.1) is 23.1 Å². The number of likely N-dealkylation sites (N-methyl/N-ethyl adjacent to an activating group) is 1. The minimum Gasteiger partial charge on any atom is -0.357 e. The standard InChI is InChI=1S/C18H23FN4O2/c1-11(2)9-16(18(25)20-4)22-17(24)15-10-21-23(12(15)3)14-7-5-13(19)6-8-14/h5-8,10-11,16H,9H2,1-4H3,(H,20,25)(H,22,24)/t16-/m1/s1. The third kappa shape index (κ3) is 4.43. The number of nitrogens with zero attached hydrogens (tertiary/aromatic N) is 2. The van der Waals surface area contributed by atoms with Crippen molar-refractivity contribution in [3.63, 3.8) is 0 Å². The van der Waals surface area contributed by atoms with Crippen LogP contribution >= 0.6 is 0 Å². The van der Waals surface area contributed by atoms with E-state index in [1.807, 2.05) is 13.8 Å². The zero-order valence-corrected chi connectivity index (χ0v) is 14.8. The summed E-state index contributed by atoms with van der Waals surface area (Å²) in [5.41, 5.74) is 1.65. The van der Waals surface area contributed by atoms with Crippen LogP contribution < -0.4 is 10.6 Å². The Balaban J connectivity index is 2.22. The first kappa shape index (κ1) is 18.6. The molecule has 1 heterocycles. The monoisotopic (exact) mass is 346 g/mol. The number of hydrogen-bond donors (Lipinski definition) is 2. The molecule has 0 saturated carbocycles. The van der Waals surface area contributed by atoms with Crippen molar-refractivity contribution in [1.82, 2.24) is 20.4 Å². The highest BCUT2D eigenvalue weighted by Gasteiger charge is 2.23. The van der Waals surface area contributed by atoms with Crippen LogP contribution in [0.15, 0.2) is 30.5 Å². The van der Waals surface area contributed by atoms with E-state index in [4.69, 9.17) is 0 Å². The molecule has 0 aliphatic heterocycles. The van der Waals surface area contributed by atoms with Gasteiger partial charge in [-0.05, 0) is 43.5 Å². The smallest absolute Gasteiger partial charge is 0.255 e. The second-order valence-electron chi connectivity index (χ2n) is 6.30. The van der Waals surface area contributed by atoms with Crippen molar-refractivity contribution in [3.8, 4) is 5.69 Å². The third-order valence-corrected chi connectivity index (χ3v) is 3.90. The first-order valence-corrected chi connectivity index (χ1v) is 8.16. The summed E-state index contributed by atoms with van der Waals surface area (Å²) in [6, 6.07) is 5.23. The summed E-state index contributed by atoms with van der Waals surface area (Å²) in [6.45, 7) is 5.72. The van der Waals surface area contributed by atoms with E-state index in [0.717, 1.165) is 0 Å². The van der Waals surface area contributed by atoms with Crippen molar-refractivity contribution in [3.05, 3.63) is 47.5 Å². The Labute approximate surface area is 146 Å². The van der Waals surface area contributed by atoms with E-state index in [-0.39, 0.29) is 23.5 Å². The molecule has 2 rings (SSSR count). The SMILES string of the molecule is CNC(=O)[C@@H](CC(C)C)NC(=O)c1cnn(-c2ccc(F)cc2)c1C. The summed E-state index contributed by atoms with van der Waals surface area (Å²) >= 11 is 0. The average Bonchev–Trinajstić information content (AvgIpc) is 2.95. The van der Waals surface area contributed by atoms with Gasteiger partial charge in [-0.2, -0.15) is 5.10 Å². The fourth-order valence-electron chi connectivity index (χ4n) is 2.59. The molecule has 0 bridgehead atoms. The van der Waals surface area contributed by atoms with Crippen LogP contribution in [0.25, 0.3) is 5.69 Å². The summed E-state index contributed by atoms with van der Waals surface area (Å²) < 4.78 is 14.6. The summed E-state index contributed by atoms with van der Waals surface area (Å²) in [5.74, 6) is -0.676. The number of amides is 2. The normalized spacial score (nSPS) is 12.1. The van der Waals surface area contributed by atoms with Gasteiger partial charge in [-0.3, -0.25) is 9.59 Å². The lowest BCUT2D eigenvalue weighted by atomic mass is 10.0. The number of halogens is 1. The molecule has 0 aliphatic carbocycles. The van der Waals surface area contributed by atoms with Crippen LogP contribution in [0.1, 0.15) is 36.3 Å². The average molecular weight is 346 g/mol. The number of benzene rings is 1. The maximum Gasteiger partial charge on any atom is 0.255 e. The Morgan fingerprint density at radius 1 is 1.24 bits per heavy atom. The van der Waals surface area contributed by atoms with Gasteiger partial charge in [-0.1, -0.05) is 13.8 Å². The van der Waals surface area contributed by atoms with Crippen LogP contribution in [0.2, 0.25) is 0 Å². The molecule has 0 spiro atoms. The van der Waals surface area contributed by atoms with Crippen molar-refractivity contribution in [2.75, 3.05) is 7.05 Å². The van der Waals surface area contributed by atoms with E-state index in [9.17, 15) is 14.0 Å². The molecule has 2 amide bonds. The lowest BCUT2D eigenvalue weighted by molar-refractivity contribution is -0.122. The van der Waals surface area contributed by atoms with Crippen molar-refractivity contribution < 1.29 is 14.0 Å². The van der Waals surface area contributed by atoms with E-state index in [0.29, 0.717) is 23.4 Å². The van der Waals surface area contributed by atoms with Crippen LogP contribution in [-0.4, -0.2) is 34.7 Å². The third-order valence-electron chi connectivity index (χ3n) is 3.90. The molecule has 0 unspecified atom stereocenters. The molecule has 7 heteroatoms. The fourth-order valence-corrected chi connectivity index (χ4v) is 2.59. The molecule has 2 aromatic rings. The summed E-state index contributed by atoms with van der Waals surface area (Å²) in [4.78, 5) is 24.5. The molecular formula is C18H23FN4O2. The molecule has 1 atom stereocenters. The largest absolute Gasteiger partial charge is 0.357 e. The zero-order valence-electron chi connectivity index (χ0n) is 14.8. The Hall–Kier alpha value is -2.70. The minimum absolute atomic E-state index is 0.231. The van der Waals surface area contributed by atoms with Gasteiger partial charge < -0.3 is 10.6 Å². The lowest BCUT2D eigenvalue weighted by Crippen LogP contribution is -2.46. The molecule has 2 N–H and O–H groups in total. The van der Waals surface area contributed by atoms with Crippen molar-refractivity contribution in [2.45, 2.75) is 33.2 Å². The summed E-state index contributed by atoms with van der Waals surface area (Å²) in [6.07, 6.45) is 1.99. The molecule has 6 nitrogen and oxygen atoms in total. The highest BCUT2D eigenvalue weighted by Crippen LogP contribution is 2.15. The highest BCUT2D eigenvalue weighted by atomic mass is 19.1. The Morgan fingerprint density at radius 2 is 1.88 bits per heavy atom. The van der Waals surface area contributed by atoms with Gasteiger partial charge in [-0.15, -0.1) is 0 Å². The molecular weight excluding hydrogens is 323 g/mol. The van der Waals surface area contributed by atoms with Crippen LogP contribution in [0.4, 0.5) is 4.39 Å². The van der Waals surface area contributed by atoms with Crippen molar-refractivity contribution in [1.29, 1.82) is 0 Å². The maximum atomic E-state index is 13.1. The van der Waals surface area contributed by atoms with Gasteiger partial charge in [0.1, 0.15) is 11.9 Å². The molecule has 0 aliphatic rings. The molecule has 1 aromatic carbocycles. The quantitative estimate of drug-likeness (QED) is 0.842. The highest BCUT2D eigenvalue weighted by molar-refractivity contribution is 5.98. The second-order valence-corrected chi connectivity index (χ2v) is 6.30. The molecule has 0 radical (unpaired) electrons. The van der Waals surface area contributed by atoms with Crippen molar-refractivity contribution in [2.24, 2.45) is 5.92 Å². The van der Waals surface area contributed by atoms with Gasteiger partial charge in [0, 0.05) is 7.05 Å². The summed E-state index contributed by atoms with van der Waals surface area (Å²) in [5, 5.41) is 9.54. The Kier molecular flexibility index (Phi) is 5.90. The van der Waals surface area contributed by atoms with Gasteiger partial charge in [0.2, 0.25) is 5.91 Å².